The van der Waals surface area contributed by atoms with Gasteiger partial charge in [0.25, 0.3) is 0 Å². The maximum absolute atomic E-state index is 14.0. The fraction of sp³-hybridized carbons (Fsp3) is 0.438. The molecule has 1 heterocycles. The first-order valence-electron chi connectivity index (χ1n) is 7.03. The Morgan fingerprint density at radius 1 is 1.33 bits per heavy atom. The molecule has 3 nitrogen and oxygen atoms in total. The lowest BCUT2D eigenvalue weighted by molar-refractivity contribution is 0.530. The van der Waals surface area contributed by atoms with E-state index < -0.39 is 0 Å². The first-order valence-corrected chi connectivity index (χ1v) is 7.41. The van der Waals surface area contributed by atoms with Crippen LogP contribution in [0.3, 0.4) is 0 Å². The zero-order chi connectivity index (χ0) is 15.6. The summed E-state index contributed by atoms with van der Waals surface area (Å²) in [5.74, 6) is -0.320. The van der Waals surface area contributed by atoms with E-state index in [0.717, 1.165) is 17.8 Å². The number of hydrogen-bond donors (Lipinski definition) is 1. The van der Waals surface area contributed by atoms with E-state index in [1.54, 1.807) is 18.2 Å². The number of aryl methyl sites for hydroxylation is 2. The van der Waals surface area contributed by atoms with Gasteiger partial charge in [-0.2, -0.15) is 5.10 Å². The van der Waals surface area contributed by atoms with Crippen molar-refractivity contribution in [3.8, 4) is 0 Å². The van der Waals surface area contributed by atoms with Gasteiger partial charge in [0.1, 0.15) is 5.82 Å². The third-order valence-electron chi connectivity index (χ3n) is 4.02. The number of aromatic nitrogens is 2. The molecule has 5 heteroatoms. The lowest BCUT2D eigenvalue weighted by Gasteiger charge is -2.17. The van der Waals surface area contributed by atoms with E-state index >= 15 is 0 Å². The molecular weight excluding hydrogens is 289 g/mol. The zero-order valence-corrected chi connectivity index (χ0v) is 13.6. The summed E-state index contributed by atoms with van der Waals surface area (Å²) in [5, 5.41) is 7.87. The minimum absolute atomic E-state index is 0.138. The molecule has 1 N–H and O–H groups in total. The molecule has 1 aromatic carbocycles. The molecule has 2 aromatic rings. The van der Waals surface area contributed by atoms with Crippen LogP contribution in [0.2, 0.25) is 5.02 Å². The van der Waals surface area contributed by atoms with Crippen molar-refractivity contribution in [1.29, 1.82) is 0 Å². The van der Waals surface area contributed by atoms with E-state index in [2.05, 4.69) is 17.3 Å². The van der Waals surface area contributed by atoms with Crippen LogP contribution in [0, 0.1) is 19.7 Å². The van der Waals surface area contributed by atoms with Gasteiger partial charge in [-0.15, -0.1) is 0 Å². The standard InChI is InChI=1S/C16H21ClFN3/c1-10-14(11(2)21(4)20-10)9-13(19-3)8-12-6-5-7-15(17)16(12)18/h5-7,13,19H,8-9H2,1-4H3. The zero-order valence-electron chi connectivity index (χ0n) is 12.9. The number of rotatable bonds is 5. The monoisotopic (exact) mass is 309 g/mol. The molecule has 0 radical (unpaired) electrons. The first kappa shape index (κ1) is 16.0. The lowest BCUT2D eigenvalue weighted by Crippen LogP contribution is -2.30. The Hall–Kier alpha value is -1.39. The van der Waals surface area contributed by atoms with E-state index in [0.29, 0.717) is 12.0 Å². The largest absolute Gasteiger partial charge is 0.316 e. The van der Waals surface area contributed by atoms with Crippen molar-refractivity contribution in [3.63, 3.8) is 0 Å². The average Bonchev–Trinajstić information content (AvgIpc) is 2.69. The highest BCUT2D eigenvalue weighted by Crippen LogP contribution is 2.21. The molecule has 0 spiro atoms. The highest BCUT2D eigenvalue weighted by Gasteiger charge is 2.17. The Kier molecular flexibility index (Phi) is 5.01. The molecule has 0 aliphatic carbocycles. The maximum atomic E-state index is 14.0. The number of nitrogens with zero attached hydrogens (tertiary/aromatic N) is 2. The van der Waals surface area contributed by atoms with Crippen LogP contribution >= 0.6 is 11.6 Å². The molecule has 0 aliphatic rings. The minimum Gasteiger partial charge on any atom is -0.316 e. The van der Waals surface area contributed by atoms with Gasteiger partial charge >= 0.3 is 0 Å². The molecular formula is C16H21ClFN3. The van der Waals surface area contributed by atoms with Crippen molar-refractivity contribution in [2.24, 2.45) is 7.05 Å². The van der Waals surface area contributed by atoms with E-state index in [-0.39, 0.29) is 16.9 Å². The summed E-state index contributed by atoms with van der Waals surface area (Å²) in [6, 6.07) is 5.28. The van der Waals surface area contributed by atoms with Crippen molar-refractivity contribution in [1.82, 2.24) is 15.1 Å². The summed E-state index contributed by atoms with van der Waals surface area (Å²) in [5.41, 5.74) is 4.04. The van der Waals surface area contributed by atoms with Gasteiger partial charge in [0.15, 0.2) is 0 Å². The molecule has 1 atom stereocenters. The van der Waals surface area contributed by atoms with Crippen molar-refractivity contribution < 1.29 is 4.39 Å². The van der Waals surface area contributed by atoms with Crippen LogP contribution in [0.4, 0.5) is 4.39 Å². The number of hydrogen-bond acceptors (Lipinski definition) is 2. The average molecular weight is 310 g/mol. The Morgan fingerprint density at radius 2 is 2.05 bits per heavy atom. The fourth-order valence-electron chi connectivity index (χ4n) is 2.61. The van der Waals surface area contributed by atoms with Gasteiger partial charge in [-0.25, -0.2) is 4.39 Å². The summed E-state index contributed by atoms with van der Waals surface area (Å²) in [4.78, 5) is 0. The van der Waals surface area contributed by atoms with E-state index in [1.807, 2.05) is 25.7 Å². The second kappa shape index (κ2) is 6.58. The topological polar surface area (TPSA) is 29.9 Å². The van der Waals surface area contributed by atoms with Gasteiger partial charge in [0, 0.05) is 18.8 Å². The molecule has 2 rings (SSSR count). The summed E-state index contributed by atoms with van der Waals surface area (Å²) < 4.78 is 15.9. The Labute approximate surface area is 130 Å². The van der Waals surface area contributed by atoms with Crippen LogP contribution in [0.25, 0.3) is 0 Å². The van der Waals surface area contributed by atoms with Gasteiger partial charge in [0.2, 0.25) is 0 Å². The van der Waals surface area contributed by atoms with Crippen molar-refractivity contribution >= 4 is 11.6 Å². The van der Waals surface area contributed by atoms with Gasteiger partial charge in [-0.1, -0.05) is 23.7 Å². The lowest BCUT2D eigenvalue weighted by atomic mass is 9.97. The Morgan fingerprint density at radius 3 is 2.62 bits per heavy atom. The molecule has 1 unspecified atom stereocenters. The maximum Gasteiger partial charge on any atom is 0.145 e. The van der Waals surface area contributed by atoms with E-state index in [4.69, 9.17) is 11.6 Å². The number of benzene rings is 1. The second-order valence-corrected chi connectivity index (χ2v) is 5.79. The quantitative estimate of drug-likeness (QED) is 0.919. The molecule has 0 saturated carbocycles. The predicted octanol–water partition coefficient (Wildman–Crippen LogP) is 3.20. The molecule has 0 fully saturated rings. The smallest absolute Gasteiger partial charge is 0.145 e. The van der Waals surface area contributed by atoms with Crippen molar-refractivity contribution in [2.75, 3.05) is 7.05 Å². The predicted molar refractivity (Wildman–Crippen MR) is 84.3 cm³/mol. The molecule has 0 bridgehead atoms. The first-order chi connectivity index (χ1) is 9.93. The van der Waals surface area contributed by atoms with Crippen LogP contribution in [0.5, 0.6) is 0 Å². The van der Waals surface area contributed by atoms with Crippen LogP contribution in [-0.4, -0.2) is 22.9 Å². The van der Waals surface area contributed by atoms with Crippen molar-refractivity contribution in [2.45, 2.75) is 32.7 Å². The van der Waals surface area contributed by atoms with Crippen LogP contribution in [0.15, 0.2) is 18.2 Å². The fourth-order valence-corrected chi connectivity index (χ4v) is 2.80. The van der Waals surface area contributed by atoms with Gasteiger partial charge in [-0.05, 0) is 50.9 Å². The Balaban J connectivity index is 2.19. The molecule has 1 aromatic heterocycles. The van der Waals surface area contributed by atoms with Gasteiger partial charge in [-0.3, -0.25) is 4.68 Å². The third kappa shape index (κ3) is 3.44. The van der Waals surface area contributed by atoms with Gasteiger partial charge < -0.3 is 5.32 Å². The molecule has 0 saturated heterocycles. The minimum atomic E-state index is -0.320. The van der Waals surface area contributed by atoms with Crippen molar-refractivity contribution in [3.05, 3.63) is 51.6 Å². The number of halogens is 2. The highest BCUT2D eigenvalue weighted by molar-refractivity contribution is 6.30. The highest BCUT2D eigenvalue weighted by atomic mass is 35.5. The number of likely N-dealkylation sites (N-methyl/N-ethyl adjacent to an activating group) is 1. The summed E-state index contributed by atoms with van der Waals surface area (Å²) in [6.45, 7) is 4.07. The van der Waals surface area contributed by atoms with Crippen LogP contribution < -0.4 is 5.32 Å². The van der Waals surface area contributed by atoms with E-state index in [9.17, 15) is 4.39 Å². The Bertz CT molecular complexity index is 637. The SMILES string of the molecule is CNC(Cc1cccc(Cl)c1F)Cc1c(C)nn(C)c1C. The summed E-state index contributed by atoms with van der Waals surface area (Å²) in [7, 11) is 3.84. The molecule has 0 amide bonds. The van der Waals surface area contributed by atoms with Crippen LogP contribution in [-0.2, 0) is 19.9 Å². The van der Waals surface area contributed by atoms with E-state index in [1.165, 1.54) is 5.56 Å². The molecule has 21 heavy (non-hydrogen) atoms. The third-order valence-corrected chi connectivity index (χ3v) is 4.31. The normalized spacial score (nSPS) is 12.7. The summed E-state index contributed by atoms with van der Waals surface area (Å²) in [6.07, 6.45) is 1.41. The summed E-state index contributed by atoms with van der Waals surface area (Å²) >= 11 is 5.85. The molecule has 114 valence electrons. The van der Waals surface area contributed by atoms with Crippen LogP contribution in [0.1, 0.15) is 22.5 Å². The van der Waals surface area contributed by atoms with Gasteiger partial charge in [0.05, 0.1) is 10.7 Å². The second-order valence-electron chi connectivity index (χ2n) is 5.38. The number of nitrogens with one attached hydrogen (secondary N) is 1. The molecule has 0 aliphatic heterocycles.